The molecule has 4 heteroatoms. The van der Waals surface area contributed by atoms with Gasteiger partial charge < -0.3 is 5.32 Å². The van der Waals surface area contributed by atoms with Crippen LogP contribution in [0.3, 0.4) is 0 Å². The van der Waals surface area contributed by atoms with Crippen LogP contribution in [0.2, 0.25) is 0 Å². The molecule has 0 spiro atoms. The van der Waals surface area contributed by atoms with E-state index in [-0.39, 0.29) is 0 Å². The lowest BCUT2D eigenvalue weighted by atomic mass is 9.89. The number of nitrogens with zero attached hydrogens (tertiary/aromatic N) is 2. The highest BCUT2D eigenvalue weighted by atomic mass is 32.1. The molecule has 0 radical (unpaired) electrons. The van der Waals surface area contributed by atoms with Gasteiger partial charge in [-0.25, -0.2) is 0 Å². The number of rotatable bonds is 4. The van der Waals surface area contributed by atoms with Crippen LogP contribution in [0.4, 0.5) is 0 Å². The summed E-state index contributed by atoms with van der Waals surface area (Å²) in [6.45, 7) is 10.2. The smallest absolute Gasteiger partial charge is 0.0794 e. The van der Waals surface area contributed by atoms with Gasteiger partial charge in [-0.2, -0.15) is 0 Å². The molecule has 0 aliphatic carbocycles. The number of hydrogen-bond acceptors (Lipinski definition) is 4. The van der Waals surface area contributed by atoms with E-state index in [9.17, 15) is 0 Å². The predicted octanol–water partition coefficient (Wildman–Crippen LogP) is 2.50. The SMILES string of the molecule is CCC1(CC)CN(Cc2cncs2)C(C)CN1. The molecule has 2 heterocycles. The monoisotopic (exact) mass is 253 g/mol. The van der Waals surface area contributed by atoms with Gasteiger partial charge in [0.1, 0.15) is 0 Å². The minimum absolute atomic E-state index is 0.317. The van der Waals surface area contributed by atoms with Crippen LogP contribution in [-0.2, 0) is 6.54 Å². The lowest BCUT2D eigenvalue weighted by molar-refractivity contribution is 0.0754. The van der Waals surface area contributed by atoms with E-state index in [0.717, 1.165) is 19.6 Å². The molecule has 17 heavy (non-hydrogen) atoms. The summed E-state index contributed by atoms with van der Waals surface area (Å²) < 4.78 is 0. The summed E-state index contributed by atoms with van der Waals surface area (Å²) in [6, 6.07) is 0.614. The van der Waals surface area contributed by atoms with Gasteiger partial charge in [-0.15, -0.1) is 11.3 Å². The predicted molar refractivity (Wildman–Crippen MR) is 73.3 cm³/mol. The molecule has 0 bridgehead atoms. The highest BCUT2D eigenvalue weighted by Gasteiger charge is 2.34. The molecule has 1 aliphatic heterocycles. The van der Waals surface area contributed by atoms with Crippen LogP contribution in [0.25, 0.3) is 0 Å². The first-order chi connectivity index (χ1) is 8.19. The Morgan fingerprint density at radius 1 is 1.53 bits per heavy atom. The van der Waals surface area contributed by atoms with E-state index in [1.165, 1.54) is 17.7 Å². The zero-order valence-electron chi connectivity index (χ0n) is 11.1. The Bertz CT molecular complexity index is 332. The average molecular weight is 253 g/mol. The van der Waals surface area contributed by atoms with Gasteiger partial charge >= 0.3 is 0 Å². The van der Waals surface area contributed by atoms with E-state index in [1.54, 1.807) is 11.3 Å². The van der Waals surface area contributed by atoms with E-state index in [4.69, 9.17) is 0 Å². The molecule has 1 atom stereocenters. The second kappa shape index (κ2) is 5.46. The van der Waals surface area contributed by atoms with Crippen molar-refractivity contribution in [1.29, 1.82) is 0 Å². The number of nitrogens with one attached hydrogen (secondary N) is 1. The quantitative estimate of drug-likeness (QED) is 0.893. The topological polar surface area (TPSA) is 28.2 Å². The second-order valence-corrected chi connectivity index (χ2v) is 6.06. The first-order valence-corrected chi connectivity index (χ1v) is 7.43. The third-order valence-corrected chi connectivity index (χ3v) is 4.86. The van der Waals surface area contributed by atoms with Crippen LogP contribution >= 0.6 is 11.3 Å². The third-order valence-electron chi connectivity index (χ3n) is 4.10. The van der Waals surface area contributed by atoms with Crippen LogP contribution in [-0.4, -0.2) is 34.6 Å². The molecule has 96 valence electrons. The summed E-state index contributed by atoms with van der Waals surface area (Å²) in [5.41, 5.74) is 2.24. The van der Waals surface area contributed by atoms with Gasteiger partial charge in [-0.1, -0.05) is 13.8 Å². The molecule has 1 aromatic rings. The number of hydrogen-bond donors (Lipinski definition) is 1. The summed E-state index contributed by atoms with van der Waals surface area (Å²) >= 11 is 1.76. The van der Waals surface area contributed by atoms with Gasteiger partial charge in [0.15, 0.2) is 0 Å². The van der Waals surface area contributed by atoms with Crippen molar-refractivity contribution in [3.8, 4) is 0 Å². The summed E-state index contributed by atoms with van der Waals surface area (Å²) in [5.74, 6) is 0. The molecule has 1 fully saturated rings. The van der Waals surface area contributed by atoms with Crippen LogP contribution in [0.1, 0.15) is 38.5 Å². The van der Waals surface area contributed by atoms with E-state index in [2.05, 4.69) is 36.0 Å². The van der Waals surface area contributed by atoms with Gasteiger partial charge in [0.05, 0.1) is 5.51 Å². The second-order valence-electron chi connectivity index (χ2n) is 5.09. The summed E-state index contributed by atoms with van der Waals surface area (Å²) in [4.78, 5) is 8.13. The van der Waals surface area contributed by atoms with Crippen molar-refractivity contribution in [3.63, 3.8) is 0 Å². The highest BCUT2D eigenvalue weighted by molar-refractivity contribution is 7.09. The molecule has 1 aliphatic rings. The minimum Gasteiger partial charge on any atom is -0.308 e. The van der Waals surface area contributed by atoms with E-state index in [1.807, 2.05) is 11.7 Å². The normalized spacial score (nSPS) is 25.0. The van der Waals surface area contributed by atoms with Crippen LogP contribution < -0.4 is 5.32 Å². The van der Waals surface area contributed by atoms with Crippen molar-refractivity contribution in [2.75, 3.05) is 13.1 Å². The van der Waals surface area contributed by atoms with Crippen molar-refractivity contribution in [3.05, 3.63) is 16.6 Å². The Kier molecular flexibility index (Phi) is 4.17. The standard InChI is InChI=1S/C13H23N3S/c1-4-13(5-2)9-16(11(3)6-15-13)8-12-7-14-10-17-12/h7,10-11,15H,4-6,8-9H2,1-3H3. The lowest BCUT2D eigenvalue weighted by Gasteiger charge is -2.46. The first kappa shape index (κ1) is 13.0. The average Bonchev–Trinajstić information content (AvgIpc) is 2.85. The fourth-order valence-corrected chi connectivity index (χ4v) is 3.17. The van der Waals surface area contributed by atoms with Crippen LogP contribution in [0.5, 0.6) is 0 Å². The zero-order chi connectivity index (χ0) is 12.3. The van der Waals surface area contributed by atoms with Gasteiger partial charge in [0.2, 0.25) is 0 Å². The van der Waals surface area contributed by atoms with Crippen molar-refractivity contribution >= 4 is 11.3 Å². The highest BCUT2D eigenvalue weighted by Crippen LogP contribution is 2.24. The van der Waals surface area contributed by atoms with Crippen LogP contribution in [0.15, 0.2) is 11.7 Å². The molecule has 1 N–H and O–H groups in total. The Morgan fingerprint density at radius 3 is 2.88 bits per heavy atom. The van der Waals surface area contributed by atoms with Crippen LogP contribution in [0, 0.1) is 0 Å². The maximum Gasteiger partial charge on any atom is 0.0794 e. The summed E-state index contributed by atoms with van der Waals surface area (Å²) in [5, 5.41) is 3.74. The molecule has 0 saturated carbocycles. The molecule has 1 aromatic heterocycles. The van der Waals surface area contributed by atoms with Crippen molar-refractivity contribution in [2.45, 2.75) is 51.7 Å². The Balaban J connectivity index is 2.04. The fraction of sp³-hybridized carbons (Fsp3) is 0.769. The molecular weight excluding hydrogens is 230 g/mol. The number of aromatic nitrogens is 1. The molecule has 0 aromatic carbocycles. The number of piperazine rings is 1. The number of thiazole rings is 1. The molecule has 3 nitrogen and oxygen atoms in total. The third kappa shape index (κ3) is 2.87. The first-order valence-electron chi connectivity index (χ1n) is 6.55. The van der Waals surface area contributed by atoms with Gasteiger partial charge in [-0.05, 0) is 19.8 Å². The molecular formula is C13H23N3S. The van der Waals surface area contributed by atoms with E-state index >= 15 is 0 Å². The molecule has 1 unspecified atom stereocenters. The maximum absolute atomic E-state index is 4.17. The fourth-order valence-electron chi connectivity index (χ4n) is 2.55. The van der Waals surface area contributed by atoms with Crippen molar-refractivity contribution in [1.82, 2.24) is 15.2 Å². The Morgan fingerprint density at radius 2 is 2.29 bits per heavy atom. The molecule has 2 rings (SSSR count). The Labute approximate surface area is 108 Å². The largest absolute Gasteiger partial charge is 0.308 e. The maximum atomic E-state index is 4.17. The van der Waals surface area contributed by atoms with Gasteiger partial charge in [0.25, 0.3) is 0 Å². The molecule has 1 saturated heterocycles. The minimum atomic E-state index is 0.317. The Hall–Kier alpha value is -0.450. The lowest BCUT2D eigenvalue weighted by Crippen LogP contribution is -2.62. The molecule has 0 amide bonds. The summed E-state index contributed by atoms with van der Waals surface area (Å²) in [7, 11) is 0. The van der Waals surface area contributed by atoms with Gasteiger partial charge in [0, 0.05) is 42.3 Å². The zero-order valence-corrected chi connectivity index (χ0v) is 11.9. The van der Waals surface area contributed by atoms with Crippen molar-refractivity contribution < 1.29 is 0 Å². The van der Waals surface area contributed by atoms with E-state index < -0.39 is 0 Å². The van der Waals surface area contributed by atoms with Crippen molar-refractivity contribution in [2.24, 2.45) is 0 Å². The van der Waals surface area contributed by atoms with E-state index in [0.29, 0.717) is 11.6 Å². The van der Waals surface area contributed by atoms with Gasteiger partial charge in [-0.3, -0.25) is 9.88 Å². The summed E-state index contributed by atoms with van der Waals surface area (Å²) in [6.07, 6.45) is 4.41.